The Morgan fingerprint density at radius 1 is 1.42 bits per heavy atom. The molecule has 1 aromatic rings. The summed E-state index contributed by atoms with van der Waals surface area (Å²) in [4.78, 5) is 16.0. The number of carbonyl (C=O) groups excluding carboxylic acids is 1. The highest BCUT2D eigenvalue weighted by atomic mass is 19.4. The van der Waals surface area contributed by atoms with E-state index in [-0.39, 0.29) is 12.5 Å². The summed E-state index contributed by atoms with van der Waals surface area (Å²) in [5, 5.41) is 0. The molecule has 0 aliphatic rings. The summed E-state index contributed by atoms with van der Waals surface area (Å²) in [5.41, 5.74) is -0.403. The molecule has 0 aliphatic heterocycles. The smallest absolute Gasteiger partial charge is 0.329 e. The third-order valence-corrected chi connectivity index (χ3v) is 2.25. The second-order valence-electron chi connectivity index (χ2n) is 4.55. The van der Waals surface area contributed by atoms with E-state index in [0.29, 0.717) is 4.90 Å². The lowest BCUT2D eigenvalue weighted by Crippen LogP contribution is -2.41. The number of carbonyl (C=O) groups is 1. The van der Waals surface area contributed by atoms with Crippen molar-refractivity contribution in [3.63, 3.8) is 0 Å². The van der Waals surface area contributed by atoms with Crippen LogP contribution in [0.15, 0.2) is 18.5 Å². The van der Waals surface area contributed by atoms with E-state index < -0.39 is 30.0 Å². The lowest BCUT2D eigenvalue weighted by molar-refractivity contribution is -0.141. The Labute approximate surface area is 108 Å². The Kier molecular flexibility index (Phi) is 4.85. The Morgan fingerprint density at radius 3 is 2.53 bits per heavy atom. The van der Waals surface area contributed by atoms with E-state index in [2.05, 4.69) is 4.98 Å². The lowest BCUT2D eigenvalue weighted by atomic mass is 10.1. The van der Waals surface area contributed by atoms with Crippen LogP contribution in [0.3, 0.4) is 0 Å². The summed E-state index contributed by atoms with van der Waals surface area (Å²) in [7, 11) is 0. The van der Waals surface area contributed by atoms with Gasteiger partial charge in [0.2, 0.25) is 0 Å². The molecule has 0 fully saturated rings. The Morgan fingerprint density at radius 2 is 2.05 bits per heavy atom. The second-order valence-corrected chi connectivity index (χ2v) is 4.55. The van der Waals surface area contributed by atoms with Crippen molar-refractivity contribution in [2.45, 2.75) is 20.0 Å². The maximum absolute atomic E-state index is 13.4. The molecule has 1 rings (SSSR count). The Balaban J connectivity index is 2.97. The fraction of sp³-hybridized carbons (Fsp3) is 0.500. The molecule has 0 unspecified atom stereocenters. The average Bonchev–Trinajstić information content (AvgIpc) is 2.25. The van der Waals surface area contributed by atoms with Crippen LogP contribution in [-0.4, -0.2) is 35.1 Å². The van der Waals surface area contributed by atoms with Crippen LogP contribution in [0.1, 0.15) is 24.2 Å². The van der Waals surface area contributed by atoms with Crippen molar-refractivity contribution in [3.8, 4) is 0 Å². The highest BCUT2D eigenvalue weighted by Crippen LogP contribution is 2.19. The quantitative estimate of drug-likeness (QED) is 0.793. The molecule has 7 heteroatoms. The molecule has 0 N–H and O–H groups in total. The van der Waals surface area contributed by atoms with Crippen LogP contribution in [0.2, 0.25) is 0 Å². The van der Waals surface area contributed by atoms with Gasteiger partial charge in [-0.25, -0.2) is 4.39 Å². The van der Waals surface area contributed by atoms with Crippen molar-refractivity contribution in [1.29, 1.82) is 0 Å². The molecule has 1 amide bonds. The number of rotatable bonds is 4. The van der Waals surface area contributed by atoms with Gasteiger partial charge in [0.1, 0.15) is 6.54 Å². The van der Waals surface area contributed by atoms with Crippen LogP contribution in [0.25, 0.3) is 0 Å². The molecule has 0 atom stereocenters. The molecular formula is C12H14F4N2O. The lowest BCUT2D eigenvalue weighted by Gasteiger charge is -2.25. The van der Waals surface area contributed by atoms with Gasteiger partial charge in [0, 0.05) is 12.7 Å². The van der Waals surface area contributed by atoms with Gasteiger partial charge in [-0.3, -0.25) is 9.78 Å². The van der Waals surface area contributed by atoms with Crippen LogP contribution in [0, 0.1) is 11.7 Å². The molecular weight excluding hydrogens is 264 g/mol. The third kappa shape index (κ3) is 4.84. The zero-order chi connectivity index (χ0) is 14.6. The first-order valence-corrected chi connectivity index (χ1v) is 5.66. The molecule has 0 aromatic carbocycles. The molecule has 3 nitrogen and oxygen atoms in total. The first kappa shape index (κ1) is 15.4. The predicted molar refractivity (Wildman–Crippen MR) is 61.0 cm³/mol. The molecule has 0 saturated heterocycles. The fourth-order valence-corrected chi connectivity index (χ4v) is 1.60. The highest BCUT2D eigenvalue weighted by Gasteiger charge is 2.34. The zero-order valence-electron chi connectivity index (χ0n) is 10.5. The fourth-order valence-electron chi connectivity index (χ4n) is 1.60. The largest absolute Gasteiger partial charge is 0.406 e. The minimum atomic E-state index is -4.52. The number of aromatic nitrogens is 1. The van der Waals surface area contributed by atoms with E-state index >= 15 is 0 Å². The Bertz CT molecular complexity index is 446. The number of hydrogen-bond donors (Lipinski definition) is 0. The summed E-state index contributed by atoms with van der Waals surface area (Å²) in [6.45, 7) is 1.87. The summed E-state index contributed by atoms with van der Waals surface area (Å²) in [5.74, 6) is -2.06. The molecule has 1 aromatic heterocycles. The maximum atomic E-state index is 13.4. The second kappa shape index (κ2) is 5.99. The zero-order valence-corrected chi connectivity index (χ0v) is 10.5. The maximum Gasteiger partial charge on any atom is 0.406 e. The summed E-state index contributed by atoms with van der Waals surface area (Å²) in [6.07, 6.45) is -2.56. The average molecular weight is 278 g/mol. The van der Waals surface area contributed by atoms with Crippen molar-refractivity contribution in [1.82, 2.24) is 9.88 Å². The number of nitrogens with zero attached hydrogens (tertiary/aromatic N) is 2. The van der Waals surface area contributed by atoms with Crippen molar-refractivity contribution in [3.05, 3.63) is 29.8 Å². The number of amides is 1. The molecule has 0 bridgehead atoms. The minimum absolute atomic E-state index is 0.0971. The van der Waals surface area contributed by atoms with Crippen LogP contribution < -0.4 is 0 Å². The van der Waals surface area contributed by atoms with Crippen molar-refractivity contribution < 1.29 is 22.4 Å². The van der Waals surface area contributed by atoms with E-state index in [0.717, 1.165) is 18.5 Å². The monoisotopic (exact) mass is 278 g/mol. The van der Waals surface area contributed by atoms with E-state index in [1.807, 2.05) is 0 Å². The molecule has 0 radical (unpaired) electrons. The van der Waals surface area contributed by atoms with Crippen molar-refractivity contribution >= 4 is 5.91 Å². The van der Waals surface area contributed by atoms with Gasteiger partial charge < -0.3 is 4.90 Å². The predicted octanol–water partition coefficient (Wildman–Crippen LogP) is 2.88. The molecule has 1 heterocycles. The summed E-state index contributed by atoms with van der Waals surface area (Å²) < 4.78 is 50.7. The number of halogens is 4. The van der Waals surface area contributed by atoms with Crippen molar-refractivity contribution in [2.75, 3.05) is 13.1 Å². The molecule has 106 valence electrons. The van der Waals surface area contributed by atoms with Gasteiger partial charge in [-0.2, -0.15) is 13.2 Å². The third-order valence-electron chi connectivity index (χ3n) is 2.25. The highest BCUT2D eigenvalue weighted by molar-refractivity contribution is 5.94. The standard InChI is InChI=1S/C12H14F4N2O/c1-8(2)6-18(7-12(14,15)16)11(19)9-3-4-17-5-10(9)13/h3-5,8H,6-7H2,1-2H3. The first-order chi connectivity index (χ1) is 8.70. The van der Waals surface area contributed by atoms with Gasteiger partial charge in [-0.05, 0) is 12.0 Å². The van der Waals surface area contributed by atoms with Crippen molar-refractivity contribution in [2.24, 2.45) is 5.92 Å². The topological polar surface area (TPSA) is 33.2 Å². The van der Waals surface area contributed by atoms with Gasteiger partial charge in [0.05, 0.1) is 11.8 Å². The van der Waals surface area contributed by atoms with Gasteiger partial charge in [0.15, 0.2) is 5.82 Å². The molecule has 19 heavy (non-hydrogen) atoms. The first-order valence-electron chi connectivity index (χ1n) is 5.66. The van der Waals surface area contributed by atoms with Crippen LogP contribution in [0.4, 0.5) is 17.6 Å². The summed E-state index contributed by atoms with van der Waals surface area (Å²) in [6, 6.07) is 1.07. The van der Waals surface area contributed by atoms with E-state index in [9.17, 15) is 22.4 Å². The van der Waals surface area contributed by atoms with Gasteiger partial charge in [0.25, 0.3) is 5.91 Å². The van der Waals surface area contributed by atoms with Gasteiger partial charge in [-0.1, -0.05) is 13.8 Å². The van der Waals surface area contributed by atoms with E-state index in [4.69, 9.17) is 0 Å². The number of alkyl halides is 3. The number of pyridine rings is 1. The van der Waals surface area contributed by atoms with Gasteiger partial charge >= 0.3 is 6.18 Å². The summed E-state index contributed by atoms with van der Waals surface area (Å²) >= 11 is 0. The van der Waals surface area contributed by atoms with E-state index in [1.54, 1.807) is 13.8 Å². The Hall–Kier alpha value is -1.66. The molecule has 0 spiro atoms. The van der Waals surface area contributed by atoms with E-state index in [1.165, 1.54) is 0 Å². The molecule has 0 aliphatic carbocycles. The van der Waals surface area contributed by atoms with Crippen LogP contribution >= 0.6 is 0 Å². The van der Waals surface area contributed by atoms with Crippen LogP contribution in [-0.2, 0) is 0 Å². The SMILES string of the molecule is CC(C)CN(CC(F)(F)F)C(=O)c1ccncc1F. The van der Waals surface area contributed by atoms with Crippen LogP contribution in [0.5, 0.6) is 0 Å². The minimum Gasteiger partial charge on any atom is -0.329 e. The number of hydrogen-bond acceptors (Lipinski definition) is 2. The molecule has 0 saturated carbocycles. The van der Waals surface area contributed by atoms with Gasteiger partial charge in [-0.15, -0.1) is 0 Å². The normalized spacial score (nSPS) is 11.7.